The zero-order valence-corrected chi connectivity index (χ0v) is 20.6. The number of nitrogen functional groups attached to an aromatic ring is 2. The Morgan fingerprint density at radius 2 is 0.500 bits per heavy atom. The van der Waals surface area contributed by atoms with Crippen LogP contribution in [0.25, 0.3) is 0 Å². The lowest BCUT2D eigenvalue weighted by atomic mass is 9.68. The molecule has 32 heavy (non-hydrogen) atoms. The van der Waals surface area contributed by atoms with E-state index < -0.39 is 0 Å². The molecule has 1 aromatic carbocycles. The summed E-state index contributed by atoms with van der Waals surface area (Å²) in [4.78, 5) is 0. The summed E-state index contributed by atoms with van der Waals surface area (Å²) in [5.41, 5.74) is 23.5. The lowest BCUT2D eigenvalue weighted by Gasteiger charge is -2.38. The highest BCUT2D eigenvalue weighted by atomic mass is 14.7. The molecule has 0 spiro atoms. The second-order valence-electron chi connectivity index (χ2n) is 11.8. The van der Waals surface area contributed by atoms with E-state index in [0.717, 1.165) is 0 Å². The molecule has 4 fully saturated rings. The molecule has 4 saturated carbocycles. The fourth-order valence-corrected chi connectivity index (χ4v) is 8.19. The predicted molar refractivity (Wildman–Crippen MR) is 139 cm³/mol. The highest BCUT2D eigenvalue weighted by Crippen LogP contribution is 2.54. The van der Waals surface area contributed by atoms with Gasteiger partial charge >= 0.3 is 0 Å². The molecule has 5 rings (SSSR count). The van der Waals surface area contributed by atoms with Crippen LogP contribution >= 0.6 is 0 Å². The largest absolute Gasteiger partial charge is 0.398 e. The fourth-order valence-electron chi connectivity index (χ4n) is 8.19. The Kier molecular flexibility index (Phi) is 7.34. The van der Waals surface area contributed by atoms with Crippen LogP contribution in [0.2, 0.25) is 0 Å². The quantitative estimate of drug-likeness (QED) is 0.462. The maximum atomic E-state index is 7.37. The first kappa shape index (κ1) is 22.6. The molecule has 0 saturated heterocycles. The zero-order chi connectivity index (χ0) is 21.9. The summed E-state index contributed by atoms with van der Waals surface area (Å²) in [7, 11) is 0. The molecule has 0 aliphatic heterocycles. The Hall–Kier alpha value is -1.18. The summed E-state index contributed by atoms with van der Waals surface area (Å²) >= 11 is 0. The molecule has 4 aliphatic carbocycles. The first-order valence-electron chi connectivity index (χ1n) is 14.5. The first-order valence-corrected chi connectivity index (χ1v) is 14.5. The smallest absolute Gasteiger partial charge is 0.0392 e. The summed E-state index contributed by atoms with van der Waals surface area (Å²) in [5.74, 6) is 2.63. The van der Waals surface area contributed by atoms with Crippen LogP contribution in [0.3, 0.4) is 0 Å². The Balaban J connectivity index is 1.69. The Morgan fingerprint density at radius 3 is 0.688 bits per heavy atom. The number of nitrogens with two attached hydrogens (primary N) is 2. The van der Waals surface area contributed by atoms with Gasteiger partial charge in [-0.1, -0.05) is 77.0 Å². The predicted octanol–water partition coefficient (Wildman–Crippen LogP) is 9.04. The van der Waals surface area contributed by atoms with Crippen molar-refractivity contribution in [2.45, 2.75) is 152 Å². The molecule has 1 aromatic rings. The van der Waals surface area contributed by atoms with Gasteiger partial charge < -0.3 is 11.5 Å². The van der Waals surface area contributed by atoms with E-state index in [1.165, 1.54) is 140 Å². The van der Waals surface area contributed by atoms with Gasteiger partial charge in [0.15, 0.2) is 0 Å². The molecule has 4 aliphatic rings. The summed E-state index contributed by atoms with van der Waals surface area (Å²) in [6.45, 7) is 0. The Bertz CT molecular complexity index is 632. The van der Waals surface area contributed by atoms with Crippen LogP contribution in [0.1, 0.15) is 174 Å². The SMILES string of the molecule is Nc1c(C2CCCCC2)c(C2CCCCC2)c(N)c(C2CCCCC2)c1C1CCCCC1. The van der Waals surface area contributed by atoms with E-state index in [1.807, 2.05) is 0 Å². The van der Waals surface area contributed by atoms with Crippen molar-refractivity contribution >= 4 is 11.4 Å². The third-order valence-corrected chi connectivity index (χ3v) is 9.79. The van der Waals surface area contributed by atoms with E-state index in [0.29, 0.717) is 23.7 Å². The van der Waals surface area contributed by atoms with Crippen molar-refractivity contribution in [1.29, 1.82) is 0 Å². The molecule has 0 atom stereocenters. The maximum absolute atomic E-state index is 7.37. The minimum atomic E-state index is 0.658. The van der Waals surface area contributed by atoms with Crippen molar-refractivity contribution < 1.29 is 0 Å². The zero-order valence-electron chi connectivity index (χ0n) is 20.6. The lowest BCUT2D eigenvalue weighted by molar-refractivity contribution is 0.409. The van der Waals surface area contributed by atoms with Gasteiger partial charge in [-0.25, -0.2) is 0 Å². The third kappa shape index (κ3) is 4.45. The molecular formula is C30H48N2. The van der Waals surface area contributed by atoms with Crippen LogP contribution in [0.4, 0.5) is 11.4 Å². The highest BCUT2D eigenvalue weighted by molar-refractivity contribution is 5.75. The molecule has 2 nitrogen and oxygen atoms in total. The first-order chi connectivity index (χ1) is 15.8. The molecule has 0 radical (unpaired) electrons. The molecule has 0 aromatic heterocycles. The van der Waals surface area contributed by atoms with Crippen LogP contribution in [0, 0.1) is 0 Å². The van der Waals surface area contributed by atoms with Crippen LogP contribution in [-0.2, 0) is 0 Å². The van der Waals surface area contributed by atoms with Gasteiger partial charge in [-0.15, -0.1) is 0 Å². The number of hydrogen-bond donors (Lipinski definition) is 2. The molecule has 2 heteroatoms. The summed E-state index contributed by atoms with van der Waals surface area (Å²) in [5, 5.41) is 0. The maximum Gasteiger partial charge on any atom is 0.0392 e. The second-order valence-corrected chi connectivity index (χ2v) is 11.8. The van der Waals surface area contributed by atoms with Gasteiger partial charge in [0.25, 0.3) is 0 Å². The minimum Gasteiger partial charge on any atom is -0.398 e. The average Bonchev–Trinajstić information content (AvgIpc) is 2.87. The molecule has 0 heterocycles. The van der Waals surface area contributed by atoms with Crippen LogP contribution in [0.5, 0.6) is 0 Å². The monoisotopic (exact) mass is 436 g/mol. The number of rotatable bonds is 4. The summed E-state index contributed by atoms with van der Waals surface area (Å²) in [6.07, 6.45) is 27.2. The topological polar surface area (TPSA) is 52.0 Å². The van der Waals surface area contributed by atoms with Crippen molar-refractivity contribution in [2.75, 3.05) is 11.5 Å². The summed E-state index contributed by atoms with van der Waals surface area (Å²) in [6, 6.07) is 0. The molecular weight excluding hydrogens is 388 g/mol. The lowest BCUT2D eigenvalue weighted by Crippen LogP contribution is -2.23. The van der Waals surface area contributed by atoms with Gasteiger partial charge in [0.1, 0.15) is 0 Å². The number of anilines is 2. The number of benzene rings is 1. The van der Waals surface area contributed by atoms with Gasteiger partial charge in [0.2, 0.25) is 0 Å². The standard InChI is InChI=1S/C30H48N2/c31-29-25(21-13-5-1-6-14-21)26(22-15-7-2-8-16-22)30(32)28(24-19-11-4-12-20-24)27(29)23-17-9-3-10-18-23/h21-24H,1-20,31-32H2. The van der Waals surface area contributed by atoms with E-state index in [9.17, 15) is 0 Å². The van der Waals surface area contributed by atoms with Crippen LogP contribution in [-0.4, -0.2) is 0 Å². The third-order valence-electron chi connectivity index (χ3n) is 9.79. The van der Waals surface area contributed by atoms with Crippen molar-refractivity contribution in [3.8, 4) is 0 Å². The van der Waals surface area contributed by atoms with Gasteiger partial charge in [0, 0.05) is 11.4 Å². The second kappa shape index (κ2) is 10.4. The molecule has 178 valence electrons. The van der Waals surface area contributed by atoms with E-state index in [4.69, 9.17) is 11.5 Å². The van der Waals surface area contributed by atoms with Crippen LogP contribution < -0.4 is 11.5 Å². The minimum absolute atomic E-state index is 0.658. The van der Waals surface area contributed by atoms with Crippen LogP contribution in [0.15, 0.2) is 0 Å². The Labute approximate surface area is 197 Å². The molecule has 0 unspecified atom stereocenters. The molecule has 0 bridgehead atoms. The fraction of sp³-hybridized carbons (Fsp3) is 0.800. The van der Waals surface area contributed by atoms with E-state index in [2.05, 4.69) is 0 Å². The van der Waals surface area contributed by atoms with Crippen molar-refractivity contribution in [1.82, 2.24) is 0 Å². The van der Waals surface area contributed by atoms with Crippen molar-refractivity contribution in [3.05, 3.63) is 22.3 Å². The molecule has 0 amide bonds. The average molecular weight is 437 g/mol. The normalized spacial score (nSPS) is 25.2. The van der Waals surface area contributed by atoms with Gasteiger partial charge in [-0.3, -0.25) is 0 Å². The molecule has 4 N–H and O–H groups in total. The summed E-state index contributed by atoms with van der Waals surface area (Å²) < 4.78 is 0. The van der Waals surface area contributed by atoms with Gasteiger partial charge in [0.05, 0.1) is 0 Å². The number of hydrogen-bond acceptors (Lipinski definition) is 2. The van der Waals surface area contributed by atoms with Crippen molar-refractivity contribution in [3.63, 3.8) is 0 Å². The highest BCUT2D eigenvalue weighted by Gasteiger charge is 2.35. The van der Waals surface area contributed by atoms with E-state index >= 15 is 0 Å². The van der Waals surface area contributed by atoms with Gasteiger partial charge in [-0.05, 0) is 97.3 Å². The van der Waals surface area contributed by atoms with E-state index in [-0.39, 0.29) is 0 Å². The van der Waals surface area contributed by atoms with Crippen molar-refractivity contribution in [2.24, 2.45) is 0 Å². The Morgan fingerprint density at radius 1 is 0.312 bits per heavy atom. The van der Waals surface area contributed by atoms with Gasteiger partial charge in [-0.2, -0.15) is 0 Å². The van der Waals surface area contributed by atoms with E-state index in [1.54, 1.807) is 22.3 Å².